The summed E-state index contributed by atoms with van der Waals surface area (Å²) < 4.78 is 10.7. The SMILES string of the molecule is CC1OC(C)(C)OC1CC(=O)O. The molecule has 0 aliphatic carbocycles. The van der Waals surface area contributed by atoms with E-state index in [1.165, 1.54) is 0 Å². The summed E-state index contributed by atoms with van der Waals surface area (Å²) in [4.78, 5) is 10.4. The van der Waals surface area contributed by atoms with Gasteiger partial charge < -0.3 is 14.6 Å². The summed E-state index contributed by atoms with van der Waals surface area (Å²) >= 11 is 0. The highest BCUT2D eigenvalue weighted by Crippen LogP contribution is 2.29. The Morgan fingerprint density at radius 3 is 2.42 bits per heavy atom. The Bertz CT molecular complexity index is 187. The van der Waals surface area contributed by atoms with Crippen LogP contribution in [0.4, 0.5) is 0 Å². The third-order valence-corrected chi connectivity index (χ3v) is 1.80. The van der Waals surface area contributed by atoms with Crippen LogP contribution in [0.25, 0.3) is 0 Å². The molecule has 70 valence electrons. The molecule has 4 heteroatoms. The highest BCUT2D eigenvalue weighted by Gasteiger charge is 2.39. The topological polar surface area (TPSA) is 55.8 Å². The summed E-state index contributed by atoms with van der Waals surface area (Å²) in [5.41, 5.74) is 0. The number of carboxylic acid groups (broad SMARTS) is 1. The minimum atomic E-state index is -0.854. The van der Waals surface area contributed by atoms with E-state index < -0.39 is 11.8 Å². The van der Waals surface area contributed by atoms with Crippen LogP contribution < -0.4 is 0 Å². The van der Waals surface area contributed by atoms with E-state index in [0.717, 1.165) is 0 Å². The van der Waals surface area contributed by atoms with Crippen LogP contribution in [0.15, 0.2) is 0 Å². The Kier molecular flexibility index (Phi) is 2.39. The highest BCUT2D eigenvalue weighted by atomic mass is 16.7. The van der Waals surface area contributed by atoms with Crippen LogP contribution in [0, 0.1) is 0 Å². The molecule has 2 unspecified atom stereocenters. The van der Waals surface area contributed by atoms with Crippen molar-refractivity contribution < 1.29 is 19.4 Å². The van der Waals surface area contributed by atoms with Gasteiger partial charge in [0.2, 0.25) is 0 Å². The van der Waals surface area contributed by atoms with Crippen molar-refractivity contribution in [2.24, 2.45) is 0 Å². The van der Waals surface area contributed by atoms with Crippen LogP contribution in [0.3, 0.4) is 0 Å². The van der Waals surface area contributed by atoms with Crippen molar-refractivity contribution in [3.63, 3.8) is 0 Å². The first kappa shape index (κ1) is 9.48. The van der Waals surface area contributed by atoms with Crippen molar-refractivity contribution in [3.8, 4) is 0 Å². The number of rotatable bonds is 2. The Labute approximate surface area is 71.5 Å². The van der Waals surface area contributed by atoms with Crippen molar-refractivity contribution in [1.82, 2.24) is 0 Å². The molecule has 0 amide bonds. The van der Waals surface area contributed by atoms with Gasteiger partial charge in [0.15, 0.2) is 5.79 Å². The Balaban J connectivity index is 2.52. The van der Waals surface area contributed by atoms with Gasteiger partial charge in [0.05, 0.1) is 18.6 Å². The fourth-order valence-electron chi connectivity index (χ4n) is 1.39. The first-order chi connectivity index (χ1) is 5.41. The zero-order chi connectivity index (χ0) is 9.35. The molecule has 1 fully saturated rings. The monoisotopic (exact) mass is 174 g/mol. The summed E-state index contributed by atoms with van der Waals surface area (Å²) in [5, 5.41) is 8.53. The number of hydrogen-bond donors (Lipinski definition) is 1. The molecule has 1 heterocycles. The fraction of sp³-hybridized carbons (Fsp3) is 0.875. The summed E-state index contributed by atoms with van der Waals surface area (Å²) in [6, 6.07) is 0. The molecule has 0 radical (unpaired) electrons. The van der Waals surface area contributed by atoms with Gasteiger partial charge in [-0.25, -0.2) is 0 Å². The molecule has 1 rings (SSSR count). The smallest absolute Gasteiger partial charge is 0.306 e. The summed E-state index contributed by atoms with van der Waals surface area (Å²) in [5.74, 6) is -1.49. The van der Waals surface area contributed by atoms with Gasteiger partial charge >= 0.3 is 5.97 Å². The Morgan fingerprint density at radius 2 is 2.08 bits per heavy atom. The minimum Gasteiger partial charge on any atom is -0.481 e. The molecule has 1 aliphatic rings. The van der Waals surface area contributed by atoms with E-state index in [2.05, 4.69) is 0 Å². The number of hydrogen-bond acceptors (Lipinski definition) is 3. The second-order valence-electron chi connectivity index (χ2n) is 3.48. The molecule has 12 heavy (non-hydrogen) atoms. The van der Waals surface area contributed by atoms with Crippen molar-refractivity contribution in [3.05, 3.63) is 0 Å². The van der Waals surface area contributed by atoms with Gasteiger partial charge in [-0.15, -0.1) is 0 Å². The minimum absolute atomic E-state index is 0.00456. The first-order valence-electron chi connectivity index (χ1n) is 3.98. The summed E-state index contributed by atoms with van der Waals surface area (Å²) in [6.07, 6.45) is -0.460. The molecule has 0 aromatic carbocycles. The van der Waals surface area contributed by atoms with Crippen LogP contribution in [0.1, 0.15) is 27.2 Å². The maximum absolute atomic E-state index is 10.4. The predicted octanol–water partition coefficient (Wildman–Crippen LogP) is 1.00. The molecular formula is C8H14O4. The number of aliphatic carboxylic acids is 1. The lowest BCUT2D eigenvalue weighted by molar-refractivity contribution is -0.152. The number of ether oxygens (including phenoxy) is 2. The van der Waals surface area contributed by atoms with Gasteiger partial charge in [0, 0.05) is 0 Å². The first-order valence-corrected chi connectivity index (χ1v) is 3.98. The van der Waals surface area contributed by atoms with Crippen LogP contribution >= 0.6 is 0 Å². The van der Waals surface area contributed by atoms with Gasteiger partial charge in [-0.1, -0.05) is 0 Å². The zero-order valence-corrected chi connectivity index (χ0v) is 7.53. The van der Waals surface area contributed by atoms with Crippen molar-refractivity contribution in [1.29, 1.82) is 0 Å². The van der Waals surface area contributed by atoms with Crippen molar-refractivity contribution in [2.75, 3.05) is 0 Å². The maximum atomic E-state index is 10.4. The molecule has 0 spiro atoms. The second-order valence-corrected chi connectivity index (χ2v) is 3.48. The van der Waals surface area contributed by atoms with Gasteiger partial charge in [-0.05, 0) is 20.8 Å². The van der Waals surface area contributed by atoms with E-state index in [9.17, 15) is 4.79 Å². The number of carboxylic acids is 1. The van der Waals surface area contributed by atoms with Gasteiger partial charge in [-0.2, -0.15) is 0 Å². The van der Waals surface area contributed by atoms with Gasteiger partial charge in [0.25, 0.3) is 0 Å². The standard InChI is InChI=1S/C8H14O4/c1-5-6(4-7(9)10)12-8(2,3)11-5/h5-6H,4H2,1-3H3,(H,9,10). The van der Waals surface area contributed by atoms with Crippen LogP contribution in [0.2, 0.25) is 0 Å². The lowest BCUT2D eigenvalue weighted by Crippen LogP contribution is -2.23. The van der Waals surface area contributed by atoms with E-state index in [1.54, 1.807) is 13.8 Å². The third kappa shape index (κ3) is 2.19. The molecule has 4 nitrogen and oxygen atoms in total. The Hall–Kier alpha value is -0.610. The number of carbonyl (C=O) groups is 1. The normalized spacial score (nSPS) is 33.6. The zero-order valence-electron chi connectivity index (χ0n) is 7.53. The van der Waals surface area contributed by atoms with E-state index >= 15 is 0 Å². The van der Waals surface area contributed by atoms with Gasteiger partial charge in [0.1, 0.15) is 0 Å². The van der Waals surface area contributed by atoms with E-state index in [4.69, 9.17) is 14.6 Å². The third-order valence-electron chi connectivity index (χ3n) is 1.80. The van der Waals surface area contributed by atoms with Gasteiger partial charge in [-0.3, -0.25) is 4.79 Å². The van der Waals surface area contributed by atoms with E-state index in [0.29, 0.717) is 0 Å². The lowest BCUT2D eigenvalue weighted by atomic mass is 10.2. The lowest BCUT2D eigenvalue weighted by Gasteiger charge is -2.16. The van der Waals surface area contributed by atoms with E-state index in [1.807, 2.05) is 6.92 Å². The maximum Gasteiger partial charge on any atom is 0.306 e. The molecule has 0 bridgehead atoms. The summed E-state index contributed by atoms with van der Waals surface area (Å²) in [6.45, 7) is 5.39. The van der Waals surface area contributed by atoms with Crippen molar-refractivity contribution in [2.45, 2.75) is 45.2 Å². The molecule has 0 aromatic heterocycles. The largest absolute Gasteiger partial charge is 0.481 e. The highest BCUT2D eigenvalue weighted by molar-refractivity contribution is 5.67. The molecule has 1 aliphatic heterocycles. The average Bonchev–Trinajstić information content (AvgIpc) is 2.03. The molecule has 1 N–H and O–H groups in total. The van der Waals surface area contributed by atoms with Crippen LogP contribution in [-0.2, 0) is 14.3 Å². The molecule has 1 saturated heterocycles. The Morgan fingerprint density at radius 1 is 1.50 bits per heavy atom. The van der Waals surface area contributed by atoms with Crippen molar-refractivity contribution >= 4 is 5.97 Å². The van der Waals surface area contributed by atoms with Crippen LogP contribution in [0.5, 0.6) is 0 Å². The average molecular weight is 174 g/mol. The molecule has 2 atom stereocenters. The second kappa shape index (κ2) is 3.03. The quantitative estimate of drug-likeness (QED) is 0.678. The fourth-order valence-corrected chi connectivity index (χ4v) is 1.39. The molecule has 0 saturated carbocycles. The summed E-state index contributed by atoms with van der Waals surface area (Å²) in [7, 11) is 0. The van der Waals surface area contributed by atoms with E-state index in [-0.39, 0.29) is 18.6 Å². The predicted molar refractivity (Wildman–Crippen MR) is 41.8 cm³/mol. The van der Waals surface area contributed by atoms with Crippen LogP contribution in [-0.4, -0.2) is 29.1 Å². The molecular weight excluding hydrogens is 160 g/mol. The molecule has 0 aromatic rings.